The summed E-state index contributed by atoms with van der Waals surface area (Å²) >= 11 is 0. The predicted molar refractivity (Wildman–Crippen MR) is 55.2 cm³/mol. The van der Waals surface area contributed by atoms with E-state index >= 15 is 0 Å². The zero-order valence-corrected chi connectivity index (χ0v) is 7.97. The molecule has 0 saturated carbocycles. The minimum atomic E-state index is -0.286. The van der Waals surface area contributed by atoms with Crippen LogP contribution >= 0.6 is 0 Å². The molecular formula is C12H14O2. The quantitative estimate of drug-likeness (QED) is 0.724. The van der Waals surface area contributed by atoms with Crippen molar-refractivity contribution in [2.75, 3.05) is 0 Å². The molecule has 1 N–H and O–H groups in total. The maximum Gasteiger partial charge on any atom is 0.120 e. The fraction of sp³-hybridized carbons (Fsp3) is 0.333. The first-order valence-electron chi connectivity index (χ1n) is 4.93. The first-order valence-corrected chi connectivity index (χ1v) is 4.93. The minimum absolute atomic E-state index is 0.112. The predicted octanol–water partition coefficient (Wildman–Crippen LogP) is 2.14. The smallest absolute Gasteiger partial charge is 0.120 e. The molecule has 0 unspecified atom stereocenters. The van der Waals surface area contributed by atoms with Crippen LogP contribution in [0.4, 0.5) is 0 Å². The fourth-order valence-electron chi connectivity index (χ4n) is 1.55. The van der Waals surface area contributed by atoms with Crippen LogP contribution < -0.4 is 4.74 Å². The minimum Gasteiger partial charge on any atom is -0.486 e. The van der Waals surface area contributed by atoms with Gasteiger partial charge in [0.15, 0.2) is 0 Å². The molecule has 0 bridgehead atoms. The third kappa shape index (κ3) is 2.36. The van der Waals surface area contributed by atoms with E-state index in [1.165, 1.54) is 0 Å². The van der Waals surface area contributed by atoms with Gasteiger partial charge in [0.05, 0.1) is 6.10 Å². The van der Waals surface area contributed by atoms with Gasteiger partial charge in [0.25, 0.3) is 0 Å². The van der Waals surface area contributed by atoms with Gasteiger partial charge >= 0.3 is 0 Å². The van der Waals surface area contributed by atoms with Gasteiger partial charge in [-0.2, -0.15) is 0 Å². The summed E-state index contributed by atoms with van der Waals surface area (Å²) in [4.78, 5) is 0. The number of para-hydroxylation sites is 1. The van der Waals surface area contributed by atoms with Crippen LogP contribution in [-0.2, 0) is 0 Å². The third-order valence-corrected chi connectivity index (χ3v) is 2.33. The summed E-state index contributed by atoms with van der Waals surface area (Å²) in [6, 6.07) is 9.76. The van der Waals surface area contributed by atoms with Gasteiger partial charge in [-0.15, -0.1) is 0 Å². The molecule has 1 aliphatic rings. The average Bonchev–Trinajstić information content (AvgIpc) is 2.23. The van der Waals surface area contributed by atoms with Crippen LogP contribution in [0.3, 0.4) is 0 Å². The summed E-state index contributed by atoms with van der Waals surface area (Å²) in [5, 5.41) is 9.25. The molecule has 1 aromatic rings. The lowest BCUT2D eigenvalue weighted by atomic mass is 10.0. The van der Waals surface area contributed by atoms with Gasteiger partial charge in [-0.25, -0.2) is 0 Å². The molecular weight excluding hydrogens is 176 g/mol. The highest BCUT2D eigenvalue weighted by molar-refractivity contribution is 5.22. The normalized spacial score (nSPS) is 26.1. The summed E-state index contributed by atoms with van der Waals surface area (Å²) in [5.74, 6) is 0.888. The lowest BCUT2D eigenvalue weighted by Gasteiger charge is -2.20. The van der Waals surface area contributed by atoms with Gasteiger partial charge in [0.2, 0.25) is 0 Å². The second-order valence-electron chi connectivity index (χ2n) is 3.50. The maximum atomic E-state index is 9.25. The van der Waals surface area contributed by atoms with E-state index in [-0.39, 0.29) is 12.2 Å². The van der Waals surface area contributed by atoms with E-state index in [2.05, 4.69) is 0 Å². The van der Waals surface area contributed by atoms with E-state index in [1.807, 2.05) is 36.4 Å². The molecule has 2 rings (SSSR count). The van der Waals surface area contributed by atoms with Gasteiger partial charge < -0.3 is 9.84 Å². The molecule has 0 saturated heterocycles. The molecule has 0 fully saturated rings. The zero-order chi connectivity index (χ0) is 9.80. The van der Waals surface area contributed by atoms with E-state index in [0.717, 1.165) is 18.6 Å². The Morgan fingerprint density at radius 1 is 1.07 bits per heavy atom. The highest BCUT2D eigenvalue weighted by atomic mass is 16.5. The van der Waals surface area contributed by atoms with Gasteiger partial charge in [-0.05, 0) is 31.1 Å². The summed E-state index contributed by atoms with van der Waals surface area (Å²) < 4.78 is 5.71. The van der Waals surface area contributed by atoms with Crippen molar-refractivity contribution in [3.63, 3.8) is 0 Å². The van der Waals surface area contributed by atoms with Crippen molar-refractivity contribution in [2.45, 2.75) is 25.0 Å². The SMILES string of the molecule is O[C@@H]1C=C[C@H](Oc2ccccc2)CC1. The molecule has 2 nitrogen and oxygen atoms in total. The molecule has 0 aliphatic heterocycles. The molecule has 14 heavy (non-hydrogen) atoms. The van der Waals surface area contributed by atoms with Crippen molar-refractivity contribution in [1.29, 1.82) is 0 Å². The molecule has 74 valence electrons. The Bertz CT molecular complexity index is 305. The summed E-state index contributed by atoms with van der Waals surface area (Å²) in [7, 11) is 0. The van der Waals surface area contributed by atoms with Crippen molar-refractivity contribution in [1.82, 2.24) is 0 Å². The maximum absolute atomic E-state index is 9.25. The molecule has 0 heterocycles. The Hall–Kier alpha value is -1.28. The molecule has 0 radical (unpaired) electrons. The molecule has 2 atom stereocenters. The Balaban J connectivity index is 1.96. The number of aliphatic hydroxyl groups excluding tert-OH is 1. The number of hydrogen-bond donors (Lipinski definition) is 1. The van der Waals surface area contributed by atoms with Crippen molar-refractivity contribution in [3.05, 3.63) is 42.5 Å². The van der Waals surface area contributed by atoms with Crippen LogP contribution in [0.15, 0.2) is 42.5 Å². The van der Waals surface area contributed by atoms with Crippen LogP contribution in [0.25, 0.3) is 0 Å². The largest absolute Gasteiger partial charge is 0.486 e. The zero-order valence-electron chi connectivity index (χ0n) is 7.97. The Kier molecular flexibility index (Phi) is 2.84. The van der Waals surface area contributed by atoms with E-state index < -0.39 is 0 Å². The van der Waals surface area contributed by atoms with E-state index in [9.17, 15) is 5.11 Å². The van der Waals surface area contributed by atoms with Crippen LogP contribution in [-0.4, -0.2) is 17.3 Å². The lowest BCUT2D eigenvalue weighted by molar-refractivity contribution is 0.158. The highest BCUT2D eigenvalue weighted by Crippen LogP contribution is 2.18. The molecule has 0 aromatic heterocycles. The van der Waals surface area contributed by atoms with Gasteiger partial charge in [0, 0.05) is 0 Å². The van der Waals surface area contributed by atoms with Crippen molar-refractivity contribution in [2.24, 2.45) is 0 Å². The van der Waals surface area contributed by atoms with E-state index in [0.29, 0.717) is 0 Å². The first-order chi connectivity index (χ1) is 6.84. The van der Waals surface area contributed by atoms with E-state index in [1.54, 1.807) is 6.08 Å². The molecule has 0 spiro atoms. The number of aliphatic hydroxyl groups is 1. The topological polar surface area (TPSA) is 29.5 Å². The second kappa shape index (κ2) is 4.29. The second-order valence-corrected chi connectivity index (χ2v) is 3.50. The first kappa shape index (κ1) is 9.28. The van der Waals surface area contributed by atoms with Crippen LogP contribution in [0.2, 0.25) is 0 Å². The molecule has 1 aromatic carbocycles. The van der Waals surface area contributed by atoms with Crippen LogP contribution in [0.1, 0.15) is 12.8 Å². The number of rotatable bonds is 2. The van der Waals surface area contributed by atoms with Crippen LogP contribution in [0, 0.1) is 0 Å². The summed E-state index contributed by atoms with van der Waals surface area (Å²) in [6.45, 7) is 0. The molecule has 2 heteroatoms. The highest BCUT2D eigenvalue weighted by Gasteiger charge is 2.14. The standard InChI is InChI=1S/C12H14O2/c13-10-6-8-12(9-7-10)14-11-4-2-1-3-5-11/h1-6,8,10,12-13H,7,9H2/t10-,12+/m1/s1. The summed E-state index contributed by atoms with van der Waals surface area (Å²) in [5.41, 5.74) is 0. The monoisotopic (exact) mass is 190 g/mol. The number of benzene rings is 1. The van der Waals surface area contributed by atoms with Gasteiger partial charge in [-0.3, -0.25) is 0 Å². The summed E-state index contributed by atoms with van der Waals surface area (Å²) in [6.07, 6.45) is 5.23. The Morgan fingerprint density at radius 2 is 1.86 bits per heavy atom. The van der Waals surface area contributed by atoms with Gasteiger partial charge in [-0.1, -0.05) is 24.3 Å². The molecule has 1 aliphatic carbocycles. The third-order valence-electron chi connectivity index (χ3n) is 2.33. The lowest BCUT2D eigenvalue weighted by Crippen LogP contribution is -2.21. The van der Waals surface area contributed by atoms with Crippen LogP contribution in [0.5, 0.6) is 5.75 Å². The average molecular weight is 190 g/mol. The van der Waals surface area contributed by atoms with Crippen molar-refractivity contribution < 1.29 is 9.84 Å². The fourth-order valence-corrected chi connectivity index (χ4v) is 1.55. The van der Waals surface area contributed by atoms with Crippen molar-refractivity contribution in [3.8, 4) is 5.75 Å². The Labute approximate surface area is 83.8 Å². The molecule has 0 amide bonds. The number of ether oxygens (including phenoxy) is 1. The number of hydrogen-bond acceptors (Lipinski definition) is 2. The van der Waals surface area contributed by atoms with Gasteiger partial charge in [0.1, 0.15) is 11.9 Å². The van der Waals surface area contributed by atoms with E-state index in [4.69, 9.17) is 4.74 Å². The van der Waals surface area contributed by atoms with Crippen molar-refractivity contribution >= 4 is 0 Å². The Morgan fingerprint density at radius 3 is 2.50 bits per heavy atom.